The molecule has 1 aliphatic heterocycles. The van der Waals surface area contributed by atoms with Gasteiger partial charge in [0.2, 0.25) is 0 Å². The van der Waals surface area contributed by atoms with Gasteiger partial charge in [0.15, 0.2) is 5.82 Å². The molecule has 0 saturated carbocycles. The summed E-state index contributed by atoms with van der Waals surface area (Å²) >= 11 is 0. The largest absolute Gasteiger partial charge is 0.381 e. The van der Waals surface area contributed by atoms with Gasteiger partial charge in [-0.1, -0.05) is 30.3 Å². The van der Waals surface area contributed by atoms with Gasteiger partial charge in [0, 0.05) is 24.2 Å². The monoisotopic (exact) mass is 322 g/mol. The van der Waals surface area contributed by atoms with Gasteiger partial charge in [0.05, 0.1) is 18.8 Å². The van der Waals surface area contributed by atoms with Crippen molar-refractivity contribution in [1.82, 2.24) is 25.1 Å². The molecule has 2 aromatic heterocycles. The summed E-state index contributed by atoms with van der Waals surface area (Å²) in [5, 5.41) is 10.5. The van der Waals surface area contributed by atoms with Crippen LogP contribution >= 0.6 is 0 Å². The Balaban J connectivity index is 1.42. The molecule has 4 rings (SSSR count). The fourth-order valence-corrected chi connectivity index (χ4v) is 2.73. The summed E-state index contributed by atoms with van der Waals surface area (Å²) in [6.07, 6.45) is 2.60. The third kappa shape index (κ3) is 3.26. The van der Waals surface area contributed by atoms with Crippen molar-refractivity contribution in [2.24, 2.45) is 0 Å². The number of ether oxygens (including phenoxy) is 1. The van der Waals surface area contributed by atoms with Gasteiger partial charge in [0.1, 0.15) is 18.0 Å². The Morgan fingerprint density at radius 1 is 1.21 bits per heavy atom. The molecule has 0 radical (unpaired) electrons. The molecule has 7 heteroatoms. The Kier molecular flexibility index (Phi) is 4.16. The van der Waals surface area contributed by atoms with Crippen LogP contribution < -0.4 is 5.32 Å². The van der Waals surface area contributed by atoms with Gasteiger partial charge in [-0.3, -0.25) is 5.10 Å². The van der Waals surface area contributed by atoms with Crippen LogP contribution in [0.25, 0.3) is 11.4 Å². The molecular weight excluding hydrogens is 304 g/mol. The second kappa shape index (κ2) is 6.76. The maximum atomic E-state index is 5.42. The van der Waals surface area contributed by atoms with Gasteiger partial charge in [-0.05, 0) is 6.42 Å². The zero-order chi connectivity index (χ0) is 16.2. The summed E-state index contributed by atoms with van der Waals surface area (Å²) in [7, 11) is 0. The highest BCUT2D eigenvalue weighted by Crippen LogP contribution is 2.24. The average molecular weight is 322 g/mol. The van der Waals surface area contributed by atoms with Crippen molar-refractivity contribution in [3.63, 3.8) is 0 Å². The Morgan fingerprint density at radius 2 is 2.12 bits per heavy atom. The van der Waals surface area contributed by atoms with Crippen molar-refractivity contribution < 1.29 is 4.74 Å². The van der Waals surface area contributed by atoms with E-state index in [1.165, 1.54) is 0 Å². The smallest absolute Gasteiger partial charge is 0.181 e. The van der Waals surface area contributed by atoms with Crippen molar-refractivity contribution in [2.75, 3.05) is 18.5 Å². The van der Waals surface area contributed by atoms with E-state index in [0.717, 1.165) is 42.5 Å². The quantitative estimate of drug-likeness (QED) is 0.750. The van der Waals surface area contributed by atoms with Crippen molar-refractivity contribution in [3.05, 3.63) is 54.2 Å². The molecule has 0 bridgehead atoms. The van der Waals surface area contributed by atoms with Crippen molar-refractivity contribution in [1.29, 1.82) is 0 Å². The highest BCUT2D eigenvalue weighted by molar-refractivity contribution is 5.53. The van der Waals surface area contributed by atoms with E-state index in [1.807, 2.05) is 36.4 Å². The molecule has 1 unspecified atom stereocenters. The van der Waals surface area contributed by atoms with Crippen LogP contribution in [-0.4, -0.2) is 38.4 Å². The number of benzene rings is 1. The van der Waals surface area contributed by atoms with E-state index < -0.39 is 0 Å². The normalized spacial score (nSPS) is 17.1. The number of rotatable bonds is 5. The second-order valence-corrected chi connectivity index (χ2v) is 5.71. The van der Waals surface area contributed by atoms with E-state index in [2.05, 4.69) is 30.5 Å². The van der Waals surface area contributed by atoms with E-state index in [-0.39, 0.29) is 0 Å². The summed E-state index contributed by atoms with van der Waals surface area (Å²) in [6.45, 7) is 2.06. The van der Waals surface area contributed by atoms with Crippen LogP contribution in [0.5, 0.6) is 0 Å². The molecule has 0 amide bonds. The van der Waals surface area contributed by atoms with Gasteiger partial charge in [0.25, 0.3) is 0 Å². The van der Waals surface area contributed by atoms with Crippen LogP contribution in [0.3, 0.4) is 0 Å². The zero-order valence-corrected chi connectivity index (χ0v) is 13.1. The Bertz CT molecular complexity index is 798. The van der Waals surface area contributed by atoms with E-state index in [9.17, 15) is 0 Å². The van der Waals surface area contributed by atoms with Crippen LogP contribution in [0, 0.1) is 0 Å². The third-order valence-electron chi connectivity index (χ3n) is 4.04. The first-order valence-electron chi connectivity index (χ1n) is 7.99. The lowest BCUT2D eigenvalue weighted by atomic mass is 10.1. The summed E-state index contributed by atoms with van der Waals surface area (Å²) in [6, 6.07) is 11.9. The predicted molar refractivity (Wildman–Crippen MR) is 89.4 cm³/mol. The number of hydrogen-bond donors (Lipinski definition) is 2. The first kappa shape index (κ1) is 14.8. The van der Waals surface area contributed by atoms with Crippen molar-refractivity contribution in [3.8, 4) is 11.4 Å². The number of aromatic nitrogens is 5. The van der Waals surface area contributed by atoms with Crippen molar-refractivity contribution in [2.45, 2.75) is 18.9 Å². The molecule has 1 aliphatic rings. The van der Waals surface area contributed by atoms with Crippen molar-refractivity contribution >= 4 is 5.82 Å². The summed E-state index contributed by atoms with van der Waals surface area (Å²) in [5.74, 6) is 2.60. The van der Waals surface area contributed by atoms with E-state index in [4.69, 9.17) is 4.74 Å². The van der Waals surface area contributed by atoms with Gasteiger partial charge in [-0.25, -0.2) is 15.0 Å². The number of aromatic amines is 1. The van der Waals surface area contributed by atoms with Gasteiger partial charge in [-0.15, -0.1) is 0 Å². The average Bonchev–Trinajstić information content (AvgIpc) is 3.33. The minimum Gasteiger partial charge on any atom is -0.381 e. The molecule has 3 aromatic rings. The zero-order valence-electron chi connectivity index (χ0n) is 13.1. The Hall–Kier alpha value is -2.80. The lowest BCUT2D eigenvalue weighted by Gasteiger charge is -2.09. The molecule has 1 atom stereocenters. The van der Waals surface area contributed by atoms with Crippen LogP contribution in [-0.2, 0) is 11.3 Å². The molecule has 24 heavy (non-hydrogen) atoms. The molecule has 0 spiro atoms. The molecule has 3 heterocycles. The minimum absolute atomic E-state index is 0.364. The maximum Gasteiger partial charge on any atom is 0.181 e. The molecule has 1 saturated heterocycles. The Labute approximate surface area is 139 Å². The molecule has 1 fully saturated rings. The van der Waals surface area contributed by atoms with Gasteiger partial charge < -0.3 is 10.1 Å². The first-order valence-corrected chi connectivity index (χ1v) is 7.99. The van der Waals surface area contributed by atoms with Gasteiger partial charge in [-0.2, -0.15) is 5.10 Å². The number of H-pyrrole nitrogens is 1. The topological polar surface area (TPSA) is 88.6 Å². The molecule has 7 nitrogen and oxygen atoms in total. The lowest BCUT2D eigenvalue weighted by Crippen LogP contribution is -2.06. The molecule has 2 N–H and O–H groups in total. The molecule has 0 aliphatic carbocycles. The van der Waals surface area contributed by atoms with E-state index >= 15 is 0 Å². The predicted octanol–water partition coefficient (Wildman–Crippen LogP) is 2.38. The Morgan fingerprint density at radius 3 is 2.96 bits per heavy atom. The highest BCUT2D eigenvalue weighted by Gasteiger charge is 2.19. The van der Waals surface area contributed by atoms with Crippen LogP contribution in [0.4, 0.5) is 5.82 Å². The van der Waals surface area contributed by atoms with Crippen LogP contribution in [0.2, 0.25) is 0 Å². The maximum absolute atomic E-state index is 5.42. The molecule has 122 valence electrons. The lowest BCUT2D eigenvalue weighted by molar-refractivity contribution is 0.193. The summed E-state index contributed by atoms with van der Waals surface area (Å²) < 4.78 is 5.42. The fraction of sp³-hybridized carbons (Fsp3) is 0.294. The third-order valence-corrected chi connectivity index (χ3v) is 4.04. The van der Waals surface area contributed by atoms with E-state index in [0.29, 0.717) is 18.3 Å². The molecular formula is C17H18N6O. The summed E-state index contributed by atoms with van der Waals surface area (Å²) in [4.78, 5) is 13.1. The SMILES string of the molecule is c1ccc(-c2n[nH]c(CNc3cc(C4CCOC4)ncn3)n2)cc1. The van der Waals surface area contributed by atoms with E-state index in [1.54, 1.807) is 6.33 Å². The first-order chi connectivity index (χ1) is 11.9. The standard InChI is InChI=1S/C17H18N6O/c1-2-4-12(5-3-1)17-21-16(22-23-17)9-18-15-8-14(19-11-20-15)13-6-7-24-10-13/h1-5,8,11,13H,6-7,9-10H2,(H,18,19,20)(H,21,22,23). The van der Waals surface area contributed by atoms with Crippen LogP contribution in [0.1, 0.15) is 23.9 Å². The van der Waals surface area contributed by atoms with Gasteiger partial charge >= 0.3 is 0 Å². The number of hydrogen-bond acceptors (Lipinski definition) is 6. The fourth-order valence-electron chi connectivity index (χ4n) is 2.73. The minimum atomic E-state index is 0.364. The highest BCUT2D eigenvalue weighted by atomic mass is 16.5. The number of nitrogens with one attached hydrogen (secondary N) is 2. The molecule has 1 aromatic carbocycles. The number of nitrogens with zero attached hydrogens (tertiary/aromatic N) is 4. The summed E-state index contributed by atoms with van der Waals surface area (Å²) in [5.41, 5.74) is 2.01. The van der Waals surface area contributed by atoms with Crippen LogP contribution in [0.15, 0.2) is 42.7 Å². The number of anilines is 1. The second-order valence-electron chi connectivity index (χ2n) is 5.71.